The highest BCUT2D eigenvalue weighted by molar-refractivity contribution is 7.99. The maximum absolute atomic E-state index is 9.25. The molecule has 0 bridgehead atoms. The van der Waals surface area contributed by atoms with Gasteiger partial charge < -0.3 is 0 Å². The average Bonchev–Trinajstić information content (AvgIpc) is 2.92. The Kier molecular flexibility index (Phi) is 5.15. The molecular formula is C17H18N4S2. The molecule has 0 unspecified atom stereocenters. The van der Waals surface area contributed by atoms with Crippen molar-refractivity contribution in [3.63, 3.8) is 0 Å². The van der Waals surface area contributed by atoms with Gasteiger partial charge in [0.15, 0.2) is 0 Å². The second-order valence-corrected chi connectivity index (χ2v) is 7.89. The number of hydrogen-bond donors (Lipinski definition) is 0. The predicted octanol–water partition coefficient (Wildman–Crippen LogP) is 4.41. The lowest BCUT2D eigenvalue weighted by Crippen LogP contribution is -2.03. The predicted molar refractivity (Wildman–Crippen MR) is 93.5 cm³/mol. The van der Waals surface area contributed by atoms with E-state index in [1.165, 1.54) is 28.7 Å². The second-order valence-electron chi connectivity index (χ2n) is 5.80. The highest BCUT2D eigenvalue weighted by Gasteiger charge is 2.21. The monoisotopic (exact) mass is 342 g/mol. The van der Waals surface area contributed by atoms with E-state index >= 15 is 0 Å². The summed E-state index contributed by atoms with van der Waals surface area (Å²) in [4.78, 5) is 11.8. The molecule has 0 aromatic carbocycles. The van der Waals surface area contributed by atoms with Gasteiger partial charge in [0.1, 0.15) is 15.7 Å². The van der Waals surface area contributed by atoms with Crippen molar-refractivity contribution in [1.82, 2.24) is 9.97 Å². The quantitative estimate of drug-likeness (QED) is 0.594. The molecule has 0 fully saturated rings. The van der Waals surface area contributed by atoms with E-state index in [0.29, 0.717) is 18.6 Å². The molecule has 2 aromatic heterocycles. The van der Waals surface area contributed by atoms with Crippen molar-refractivity contribution in [3.05, 3.63) is 16.3 Å². The first-order chi connectivity index (χ1) is 11.2. The van der Waals surface area contributed by atoms with Crippen molar-refractivity contribution in [2.24, 2.45) is 5.92 Å². The summed E-state index contributed by atoms with van der Waals surface area (Å²) in [5, 5.41) is 20.2. The molecule has 0 spiro atoms. The molecule has 118 valence electrons. The van der Waals surface area contributed by atoms with Crippen LogP contribution < -0.4 is 0 Å². The van der Waals surface area contributed by atoms with Gasteiger partial charge in [0, 0.05) is 22.4 Å². The Labute approximate surface area is 144 Å². The van der Waals surface area contributed by atoms with E-state index < -0.39 is 0 Å². The number of rotatable bonds is 5. The first-order valence-electron chi connectivity index (χ1n) is 7.91. The lowest BCUT2D eigenvalue weighted by Gasteiger charge is -2.12. The zero-order chi connectivity index (χ0) is 16.2. The Hall–Kier alpha value is -1.63. The topological polar surface area (TPSA) is 73.4 Å². The molecule has 3 rings (SSSR count). The average molecular weight is 342 g/mol. The van der Waals surface area contributed by atoms with Crippen LogP contribution in [-0.4, -0.2) is 15.7 Å². The molecule has 1 aliphatic carbocycles. The van der Waals surface area contributed by atoms with Crippen molar-refractivity contribution in [2.45, 2.75) is 50.5 Å². The van der Waals surface area contributed by atoms with Crippen LogP contribution >= 0.6 is 23.1 Å². The van der Waals surface area contributed by atoms with Crippen LogP contribution in [0, 0.1) is 35.5 Å². The maximum Gasteiger partial charge on any atom is 0.128 e. The number of aryl methyl sites for hydroxylation is 3. The molecule has 4 nitrogen and oxygen atoms in total. The lowest BCUT2D eigenvalue weighted by atomic mass is 9.97. The summed E-state index contributed by atoms with van der Waals surface area (Å²) in [5.41, 5.74) is 1.43. The van der Waals surface area contributed by atoms with E-state index in [4.69, 9.17) is 5.26 Å². The number of thioether (sulfide) groups is 1. The van der Waals surface area contributed by atoms with Gasteiger partial charge >= 0.3 is 0 Å². The fourth-order valence-electron chi connectivity index (χ4n) is 2.93. The normalized spacial score (nSPS) is 14.9. The van der Waals surface area contributed by atoms with Crippen LogP contribution in [0.25, 0.3) is 10.2 Å². The maximum atomic E-state index is 9.25. The minimum absolute atomic E-state index is 0.0977. The summed E-state index contributed by atoms with van der Waals surface area (Å²) in [6.07, 6.45) is 5.84. The van der Waals surface area contributed by atoms with E-state index in [-0.39, 0.29) is 5.92 Å². The zero-order valence-electron chi connectivity index (χ0n) is 13.1. The molecule has 0 aliphatic heterocycles. The second kappa shape index (κ2) is 7.29. The summed E-state index contributed by atoms with van der Waals surface area (Å²) in [7, 11) is 0. The molecule has 0 amide bonds. The number of fused-ring (bicyclic) bond motifs is 3. The smallest absolute Gasteiger partial charge is 0.128 e. The number of nitrogens with zero attached hydrogens (tertiary/aromatic N) is 4. The molecule has 1 aliphatic rings. The van der Waals surface area contributed by atoms with Crippen molar-refractivity contribution < 1.29 is 0 Å². The molecule has 0 saturated heterocycles. The van der Waals surface area contributed by atoms with Crippen LogP contribution in [0.1, 0.15) is 41.9 Å². The molecule has 0 N–H and O–H groups in total. The number of thiophene rings is 1. The van der Waals surface area contributed by atoms with E-state index in [9.17, 15) is 5.26 Å². The Balaban J connectivity index is 1.89. The summed E-state index contributed by atoms with van der Waals surface area (Å²) >= 11 is 3.46. The van der Waals surface area contributed by atoms with Gasteiger partial charge in [-0.2, -0.15) is 10.5 Å². The van der Waals surface area contributed by atoms with Crippen LogP contribution in [0.15, 0.2) is 5.03 Å². The van der Waals surface area contributed by atoms with E-state index in [0.717, 1.165) is 28.5 Å². The molecule has 23 heavy (non-hydrogen) atoms. The largest absolute Gasteiger partial charge is 0.226 e. The van der Waals surface area contributed by atoms with Gasteiger partial charge in [-0.15, -0.1) is 23.1 Å². The summed E-state index contributed by atoms with van der Waals surface area (Å²) in [6, 6.07) is 4.44. The molecule has 1 atom stereocenters. The first kappa shape index (κ1) is 16.2. The molecule has 2 aromatic rings. The third kappa shape index (κ3) is 3.49. The van der Waals surface area contributed by atoms with E-state index in [1.54, 1.807) is 11.8 Å². The number of hydrogen-bond acceptors (Lipinski definition) is 6. The van der Waals surface area contributed by atoms with E-state index in [2.05, 4.69) is 22.1 Å². The van der Waals surface area contributed by atoms with Gasteiger partial charge in [0.25, 0.3) is 0 Å². The minimum atomic E-state index is -0.0977. The zero-order valence-corrected chi connectivity index (χ0v) is 14.8. The van der Waals surface area contributed by atoms with Crippen LogP contribution in [0.5, 0.6) is 0 Å². The molecule has 2 heterocycles. The van der Waals surface area contributed by atoms with Crippen molar-refractivity contribution in [1.29, 1.82) is 10.5 Å². The minimum Gasteiger partial charge on any atom is -0.226 e. The Morgan fingerprint density at radius 1 is 1.26 bits per heavy atom. The molecule has 0 radical (unpaired) electrons. The van der Waals surface area contributed by atoms with Crippen molar-refractivity contribution >= 4 is 33.3 Å². The van der Waals surface area contributed by atoms with Crippen LogP contribution in [0.2, 0.25) is 0 Å². The van der Waals surface area contributed by atoms with Crippen LogP contribution in [-0.2, 0) is 12.8 Å². The Morgan fingerprint density at radius 3 is 2.87 bits per heavy atom. The fraction of sp³-hybridized carbons (Fsp3) is 0.529. The van der Waals surface area contributed by atoms with E-state index in [1.807, 2.05) is 18.3 Å². The lowest BCUT2D eigenvalue weighted by molar-refractivity contribution is 0.685. The van der Waals surface area contributed by atoms with Crippen LogP contribution in [0.3, 0.4) is 0 Å². The third-order valence-electron chi connectivity index (χ3n) is 4.10. The SMILES string of the molecule is Cc1nc(SC[C@H](C#N)CCC#N)c2c3c(sc2n1)CCCC3. The standard InChI is InChI=1S/C17H18N4S2/c1-11-20-16(22-10-12(9-19)5-4-8-18)15-13-6-2-3-7-14(13)23-17(15)21-11/h12H,2-7,10H2,1H3/t12-/m0/s1. The highest BCUT2D eigenvalue weighted by atomic mass is 32.2. The fourth-order valence-corrected chi connectivity index (χ4v) is 5.47. The Bertz CT molecular complexity index is 797. The molecular weight excluding hydrogens is 324 g/mol. The molecule has 0 saturated carbocycles. The van der Waals surface area contributed by atoms with Gasteiger partial charge in [-0.1, -0.05) is 0 Å². The number of aromatic nitrogens is 2. The summed E-state index contributed by atoms with van der Waals surface area (Å²) < 4.78 is 0. The van der Waals surface area contributed by atoms with Gasteiger partial charge in [-0.25, -0.2) is 9.97 Å². The first-order valence-corrected chi connectivity index (χ1v) is 9.71. The molecule has 6 heteroatoms. The van der Waals surface area contributed by atoms with Gasteiger partial charge in [0.2, 0.25) is 0 Å². The summed E-state index contributed by atoms with van der Waals surface area (Å²) in [6.45, 7) is 1.93. The van der Waals surface area contributed by atoms with Crippen molar-refractivity contribution in [2.75, 3.05) is 5.75 Å². The van der Waals surface area contributed by atoms with Gasteiger partial charge in [0.05, 0.1) is 18.1 Å². The van der Waals surface area contributed by atoms with Crippen molar-refractivity contribution in [3.8, 4) is 12.1 Å². The highest BCUT2D eigenvalue weighted by Crippen LogP contribution is 2.40. The van der Waals surface area contributed by atoms with Crippen LogP contribution in [0.4, 0.5) is 0 Å². The summed E-state index contributed by atoms with van der Waals surface area (Å²) in [5.74, 6) is 1.39. The van der Waals surface area contributed by atoms with Gasteiger partial charge in [-0.05, 0) is 44.6 Å². The Morgan fingerprint density at radius 2 is 2.09 bits per heavy atom. The third-order valence-corrected chi connectivity index (χ3v) is 6.43. The van der Waals surface area contributed by atoms with Gasteiger partial charge in [-0.3, -0.25) is 0 Å². The number of nitriles is 2.